The molecule has 1 aliphatic rings. The lowest BCUT2D eigenvalue weighted by molar-refractivity contribution is -0.122. The summed E-state index contributed by atoms with van der Waals surface area (Å²) in [7, 11) is 1.57. The Morgan fingerprint density at radius 1 is 1.10 bits per heavy atom. The van der Waals surface area contributed by atoms with Crippen molar-refractivity contribution in [1.29, 1.82) is 0 Å². The number of thiophene rings is 1. The largest absolute Gasteiger partial charge is 0.497 e. The van der Waals surface area contributed by atoms with Crippen LogP contribution in [0, 0.1) is 0 Å². The fourth-order valence-corrected chi connectivity index (χ4v) is 4.17. The predicted octanol–water partition coefficient (Wildman–Crippen LogP) is 4.12. The van der Waals surface area contributed by atoms with Crippen molar-refractivity contribution in [2.75, 3.05) is 17.3 Å². The van der Waals surface area contributed by atoms with Crippen LogP contribution >= 0.6 is 11.3 Å². The molecule has 7 nitrogen and oxygen atoms in total. The van der Waals surface area contributed by atoms with E-state index in [-0.39, 0.29) is 18.9 Å². The van der Waals surface area contributed by atoms with Gasteiger partial charge in [0.15, 0.2) is 0 Å². The molecule has 1 N–H and O–H groups in total. The first kappa shape index (κ1) is 20.6. The monoisotopic (exact) mass is 435 g/mol. The van der Waals surface area contributed by atoms with Gasteiger partial charge < -0.3 is 15.0 Å². The number of methoxy groups -OCH3 is 1. The molecule has 1 saturated heterocycles. The molecule has 31 heavy (non-hydrogen) atoms. The van der Waals surface area contributed by atoms with E-state index in [0.29, 0.717) is 17.1 Å². The highest BCUT2D eigenvalue weighted by Crippen LogP contribution is 2.28. The zero-order valence-corrected chi connectivity index (χ0v) is 17.7. The number of carbonyl (C=O) groups excluding carboxylic acids is 3. The van der Waals surface area contributed by atoms with Crippen molar-refractivity contribution in [2.45, 2.75) is 19.0 Å². The molecular formula is C23H21N3O4S. The number of nitrogens with zero attached hydrogens (tertiary/aromatic N) is 2. The summed E-state index contributed by atoms with van der Waals surface area (Å²) in [6.45, 7) is 0.228. The second-order valence-electron chi connectivity index (χ2n) is 6.99. The van der Waals surface area contributed by atoms with Crippen molar-refractivity contribution in [3.63, 3.8) is 0 Å². The Bertz CT molecular complexity index is 1070. The molecule has 1 aromatic heterocycles. The van der Waals surface area contributed by atoms with Gasteiger partial charge in [-0.1, -0.05) is 24.3 Å². The number of carbonyl (C=O) groups is 3. The van der Waals surface area contributed by atoms with Crippen LogP contribution in [0.5, 0.6) is 5.75 Å². The van der Waals surface area contributed by atoms with Crippen molar-refractivity contribution in [2.24, 2.45) is 0 Å². The van der Waals surface area contributed by atoms with Gasteiger partial charge in [-0.05, 0) is 47.8 Å². The molecular weight excluding hydrogens is 414 g/mol. The Morgan fingerprint density at radius 2 is 1.84 bits per heavy atom. The molecule has 1 atom stereocenters. The Morgan fingerprint density at radius 3 is 2.48 bits per heavy atom. The molecule has 2 aromatic carbocycles. The topological polar surface area (TPSA) is 79.0 Å². The minimum absolute atomic E-state index is 0.0604. The van der Waals surface area contributed by atoms with Crippen molar-refractivity contribution in [3.05, 3.63) is 77.0 Å². The normalized spacial score (nSPS) is 15.8. The Balaban J connectivity index is 1.59. The molecule has 2 heterocycles. The van der Waals surface area contributed by atoms with Gasteiger partial charge in [0, 0.05) is 10.6 Å². The van der Waals surface area contributed by atoms with Crippen molar-refractivity contribution < 1.29 is 19.1 Å². The van der Waals surface area contributed by atoms with Gasteiger partial charge in [-0.15, -0.1) is 11.3 Å². The van der Waals surface area contributed by atoms with E-state index in [1.165, 1.54) is 16.2 Å². The number of rotatable bonds is 6. The van der Waals surface area contributed by atoms with Gasteiger partial charge >= 0.3 is 6.03 Å². The summed E-state index contributed by atoms with van der Waals surface area (Å²) < 4.78 is 5.14. The first-order valence-electron chi connectivity index (χ1n) is 9.72. The Hall–Kier alpha value is -3.65. The van der Waals surface area contributed by atoms with Crippen LogP contribution in [0.2, 0.25) is 0 Å². The number of hydrogen-bond acceptors (Lipinski definition) is 5. The molecule has 1 unspecified atom stereocenters. The van der Waals surface area contributed by atoms with Crippen molar-refractivity contribution in [1.82, 2.24) is 4.90 Å². The van der Waals surface area contributed by atoms with Gasteiger partial charge in [-0.25, -0.2) is 9.69 Å². The molecule has 4 amide bonds. The summed E-state index contributed by atoms with van der Waals surface area (Å²) in [6.07, 6.45) is -0.0604. The molecule has 158 valence electrons. The van der Waals surface area contributed by atoms with Crippen molar-refractivity contribution in [3.8, 4) is 5.75 Å². The van der Waals surface area contributed by atoms with E-state index in [9.17, 15) is 14.4 Å². The van der Waals surface area contributed by atoms with Gasteiger partial charge in [0.05, 0.1) is 25.8 Å². The third-order valence-electron chi connectivity index (χ3n) is 5.02. The fourth-order valence-electron chi connectivity index (χ4n) is 3.47. The third-order valence-corrected chi connectivity index (χ3v) is 5.88. The fraction of sp³-hybridized carbons (Fsp3) is 0.174. The second-order valence-corrected chi connectivity index (χ2v) is 8.02. The zero-order valence-electron chi connectivity index (χ0n) is 16.9. The van der Waals surface area contributed by atoms with Crippen LogP contribution in [0.3, 0.4) is 0 Å². The van der Waals surface area contributed by atoms with Crippen LogP contribution in [-0.4, -0.2) is 35.9 Å². The van der Waals surface area contributed by atoms with E-state index >= 15 is 0 Å². The van der Waals surface area contributed by atoms with Crippen LogP contribution in [0.15, 0.2) is 72.1 Å². The number of urea groups is 1. The summed E-state index contributed by atoms with van der Waals surface area (Å²) in [6, 6.07) is 18.1. The highest BCUT2D eigenvalue weighted by atomic mass is 32.1. The molecule has 3 aromatic rings. The lowest BCUT2D eigenvalue weighted by atomic mass is 10.2. The average molecular weight is 436 g/mol. The number of anilines is 2. The third kappa shape index (κ3) is 4.44. The Kier molecular flexibility index (Phi) is 5.99. The maximum absolute atomic E-state index is 13.2. The van der Waals surface area contributed by atoms with E-state index in [2.05, 4.69) is 5.32 Å². The maximum Gasteiger partial charge on any atom is 0.322 e. The number of para-hydroxylation sites is 1. The number of hydrogen-bond donors (Lipinski definition) is 1. The molecule has 1 aliphatic heterocycles. The highest BCUT2D eigenvalue weighted by molar-refractivity contribution is 7.09. The summed E-state index contributed by atoms with van der Waals surface area (Å²) in [5, 5.41) is 4.74. The smallest absolute Gasteiger partial charge is 0.322 e. The van der Waals surface area contributed by atoms with E-state index in [0.717, 1.165) is 9.78 Å². The predicted molar refractivity (Wildman–Crippen MR) is 119 cm³/mol. The standard InChI is InChI=1S/C23H21N3O4S/c1-30-18-11-9-16(10-12-18)24-23(29)25(15-19-8-5-13-31-19)20-14-21(27)26(22(20)28)17-6-3-2-4-7-17/h2-13,20H,14-15H2,1H3,(H,24,29). The molecule has 0 spiro atoms. The lowest BCUT2D eigenvalue weighted by Crippen LogP contribution is -2.46. The van der Waals surface area contributed by atoms with Crippen molar-refractivity contribution >= 4 is 40.6 Å². The summed E-state index contributed by atoms with van der Waals surface area (Å²) in [4.78, 5) is 42.6. The minimum Gasteiger partial charge on any atom is -0.497 e. The van der Waals surface area contributed by atoms with Crippen LogP contribution in [0.4, 0.5) is 16.2 Å². The molecule has 0 radical (unpaired) electrons. The van der Waals surface area contributed by atoms with E-state index < -0.39 is 18.0 Å². The highest BCUT2D eigenvalue weighted by Gasteiger charge is 2.44. The first-order chi connectivity index (χ1) is 15.1. The summed E-state index contributed by atoms with van der Waals surface area (Å²) in [5.41, 5.74) is 1.07. The second kappa shape index (κ2) is 9.01. The van der Waals surface area contributed by atoms with Crippen LogP contribution in [0.25, 0.3) is 0 Å². The number of ether oxygens (including phenoxy) is 1. The van der Waals surface area contributed by atoms with Gasteiger partial charge in [0.25, 0.3) is 5.91 Å². The average Bonchev–Trinajstić information content (AvgIpc) is 3.40. The van der Waals surface area contributed by atoms with Crippen LogP contribution in [-0.2, 0) is 16.1 Å². The molecule has 0 bridgehead atoms. The van der Waals surface area contributed by atoms with Gasteiger partial charge in [-0.3, -0.25) is 9.59 Å². The number of benzene rings is 2. The summed E-state index contributed by atoms with van der Waals surface area (Å²) in [5.74, 6) is -0.0595. The molecule has 4 rings (SSSR count). The Labute approximate surface area is 183 Å². The molecule has 8 heteroatoms. The minimum atomic E-state index is -0.881. The van der Waals surface area contributed by atoms with E-state index in [4.69, 9.17) is 4.74 Å². The van der Waals surface area contributed by atoms with E-state index in [1.54, 1.807) is 55.6 Å². The van der Waals surface area contributed by atoms with Gasteiger partial charge in [-0.2, -0.15) is 0 Å². The summed E-state index contributed by atoms with van der Waals surface area (Å²) >= 11 is 1.49. The van der Waals surface area contributed by atoms with Gasteiger partial charge in [0.1, 0.15) is 11.8 Å². The number of amides is 4. The zero-order chi connectivity index (χ0) is 21.8. The first-order valence-corrected chi connectivity index (χ1v) is 10.6. The quantitative estimate of drug-likeness (QED) is 0.591. The number of nitrogens with one attached hydrogen (secondary N) is 1. The molecule has 0 aliphatic carbocycles. The SMILES string of the molecule is COc1ccc(NC(=O)N(Cc2cccs2)C2CC(=O)N(c3ccccc3)C2=O)cc1. The molecule has 0 saturated carbocycles. The van der Waals surface area contributed by atoms with Gasteiger partial charge in [0.2, 0.25) is 5.91 Å². The lowest BCUT2D eigenvalue weighted by Gasteiger charge is -2.27. The van der Waals surface area contributed by atoms with Crippen LogP contribution < -0.4 is 15.0 Å². The number of imide groups is 1. The van der Waals surface area contributed by atoms with E-state index in [1.807, 2.05) is 23.6 Å². The molecule has 1 fully saturated rings. The van der Waals surface area contributed by atoms with Crippen LogP contribution in [0.1, 0.15) is 11.3 Å². The maximum atomic E-state index is 13.2.